The topological polar surface area (TPSA) is 49.9 Å². The van der Waals surface area contributed by atoms with Gasteiger partial charge in [0, 0.05) is 26.2 Å². The van der Waals surface area contributed by atoms with Gasteiger partial charge in [-0.15, -0.1) is 0 Å². The highest BCUT2D eigenvalue weighted by atomic mass is 16.5. The molecule has 0 saturated heterocycles. The molecule has 0 atom stereocenters. The first-order valence-electron chi connectivity index (χ1n) is 15.2. The lowest BCUT2D eigenvalue weighted by Gasteiger charge is -2.24. The fourth-order valence-electron chi connectivity index (χ4n) is 4.38. The Kier molecular flexibility index (Phi) is 25.2. The summed E-state index contributed by atoms with van der Waals surface area (Å²) in [5, 5.41) is 0. The molecule has 0 radical (unpaired) electrons. The Morgan fingerprint density at radius 1 is 0.457 bits per heavy atom. The van der Waals surface area contributed by atoms with Crippen molar-refractivity contribution in [3.05, 3.63) is 0 Å². The van der Waals surface area contributed by atoms with Crippen molar-refractivity contribution in [2.75, 3.05) is 39.4 Å². The van der Waals surface area contributed by atoms with E-state index in [1.165, 1.54) is 77.0 Å². The highest BCUT2D eigenvalue weighted by molar-refractivity contribution is 5.76. The third kappa shape index (κ3) is 20.8. The fraction of sp³-hybridized carbons (Fsp3) is 0.933. The second kappa shape index (κ2) is 26.0. The average molecular weight is 497 g/mol. The number of nitrogens with zero attached hydrogens (tertiary/aromatic N) is 2. The Labute approximate surface area is 218 Å². The molecule has 0 aromatic carbocycles. The van der Waals surface area contributed by atoms with Gasteiger partial charge in [-0.2, -0.15) is 0 Å². The molecule has 0 aliphatic rings. The van der Waals surface area contributed by atoms with E-state index < -0.39 is 0 Å². The van der Waals surface area contributed by atoms with E-state index in [2.05, 4.69) is 27.7 Å². The van der Waals surface area contributed by atoms with Gasteiger partial charge in [-0.3, -0.25) is 9.59 Å². The summed E-state index contributed by atoms with van der Waals surface area (Å²) in [6.45, 7) is 13.2. The highest BCUT2D eigenvalue weighted by Gasteiger charge is 2.15. The summed E-state index contributed by atoms with van der Waals surface area (Å²) < 4.78 is 5.75. The molecule has 0 rings (SSSR count). The smallest absolute Gasteiger partial charge is 0.224 e. The second-order valence-electron chi connectivity index (χ2n) is 10.1. The van der Waals surface area contributed by atoms with E-state index >= 15 is 0 Å². The maximum absolute atomic E-state index is 12.8. The van der Waals surface area contributed by atoms with Crippen LogP contribution in [-0.2, 0) is 14.3 Å². The highest BCUT2D eigenvalue weighted by Crippen LogP contribution is 2.09. The van der Waals surface area contributed by atoms with Crippen LogP contribution in [0, 0.1) is 0 Å². The molecule has 0 fully saturated rings. The first-order chi connectivity index (χ1) is 17.1. The number of ether oxygens (including phenoxy) is 1. The molecule has 0 unspecified atom stereocenters. The fourth-order valence-corrected chi connectivity index (χ4v) is 4.38. The predicted octanol–water partition coefficient (Wildman–Crippen LogP) is 7.76. The lowest BCUT2D eigenvalue weighted by atomic mass is 10.1. The zero-order valence-corrected chi connectivity index (χ0v) is 24.1. The van der Waals surface area contributed by atoms with Gasteiger partial charge in [0.05, 0.1) is 26.1 Å². The SMILES string of the molecule is CCCCCCN(CCCCCC)C(=O)CCOCCC(=O)N(CCCCCC)CCCCCC. The van der Waals surface area contributed by atoms with Crippen molar-refractivity contribution >= 4 is 11.8 Å². The van der Waals surface area contributed by atoms with Gasteiger partial charge in [0.15, 0.2) is 0 Å². The van der Waals surface area contributed by atoms with Gasteiger partial charge in [-0.25, -0.2) is 0 Å². The lowest BCUT2D eigenvalue weighted by molar-refractivity contribution is -0.133. The van der Waals surface area contributed by atoms with E-state index in [0.29, 0.717) is 26.1 Å². The monoisotopic (exact) mass is 496 g/mol. The molecule has 0 heterocycles. The van der Waals surface area contributed by atoms with Crippen LogP contribution < -0.4 is 0 Å². The first-order valence-corrected chi connectivity index (χ1v) is 15.2. The van der Waals surface area contributed by atoms with E-state index in [0.717, 1.165) is 51.9 Å². The standard InChI is InChI=1S/C30H60N2O3/c1-5-9-13-17-23-31(24-18-14-10-6-2)29(33)21-27-35-28-22-30(34)32(25-19-15-11-7-3)26-20-16-12-8-4/h5-28H2,1-4H3. The Balaban J connectivity index is 4.35. The third-order valence-corrected chi connectivity index (χ3v) is 6.75. The molecule has 35 heavy (non-hydrogen) atoms. The minimum atomic E-state index is 0.206. The van der Waals surface area contributed by atoms with Crippen LogP contribution in [0.3, 0.4) is 0 Å². The summed E-state index contributed by atoms with van der Waals surface area (Å²) in [5.74, 6) is 0.413. The lowest BCUT2D eigenvalue weighted by Crippen LogP contribution is -2.34. The van der Waals surface area contributed by atoms with Gasteiger partial charge in [-0.05, 0) is 25.7 Å². The van der Waals surface area contributed by atoms with Crippen LogP contribution >= 0.6 is 0 Å². The third-order valence-electron chi connectivity index (χ3n) is 6.75. The first kappa shape index (κ1) is 33.9. The summed E-state index contributed by atoms with van der Waals surface area (Å²) in [5.41, 5.74) is 0. The van der Waals surface area contributed by atoms with Crippen molar-refractivity contribution in [3.8, 4) is 0 Å². The molecule has 5 heteroatoms. The molecule has 0 aromatic heterocycles. The van der Waals surface area contributed by atoms with E-state index in [1.54, 1.807) is 0 Å². The molecule has 0 bridgehead atoms. The summed E-state index contributed by atoms with van der Waals surface area (Å²) in [6, 6.07) is 0. The maximum atomic E-state index is 12.8. The largest absolute Gasteiger partial charge is 0.380 e. The van der Waals surface area contributed by atoms with Crippen LogP contribution in [0.15, 0.2) is 0 Å². The van der Waals surface area contributed by atoms with Gasteiger partial charge in [-0.1, -0.05) is 105 Å². The van der Waals surface area contributed by atoms with E-state index in [4.69, 9.17) is 4.74 Å². The van der Waals surface area contributed by atoms with Crippen molar-refractivity contribution in [1.82, 2.24) is 9.80 Å². The molecule has 0 spiro atoms. The van der Waals surface area contributed by atoms with Crippen molar-refractivity contribution in [2.24, 2.45) is 0 Å². The van der Waals surface area contributed by atoms with Gasteiger partial charge in [0.25, 0.3) is 0 Å². The van der Waals surface area contributed by atoms with Gasteiger partial charge in [0.1, 0.15) is 0 Å². The molecular weight excluding hydrogens is 436 g/mol. The van der Waals surface area contributed by atoms with E-state index in [1.807, 2.05) is 9.80 Å². The number of carbonyl (C=O) groups excluding carboxylic acids is 2. The summed E-state index contributed by atoms with van der Waals surface area (Å²) in [6.07, 6.45) is 19.8. The predicted molar refractivity (Wildman–Crippen MR) is 150 cm³/mol. The minimum absolute atomic E-state index is 0.206. The molecule has 0 N–H and O–H groups in total. The molecule has 0 saturated carbocycles. The quantitative estimate of drug-likeness (QED) is 0.115. The van der Waals surface area contributed by atoms with Gasteiger partial charge >= 0.3 is 0 Å². The van der Waals surface area contributed by atoms with E-state index in [-0.39, 0.29) is 11.8 Å². The molecular formula is C30H60N2O3. The van der Waals surface area contributed by atoms with Crippen LogP contribution in [-0.4, -0.2) is 61.0 Å². The number of amides is 2. The molecule has 2 amide bonds. The average Bonchev–Trinajstić information content (AvgIpc) is 2.86. The summed E-state index contributed by atoms with van der Waals surface area (Å²) >= 11 is 0. The van der Waals surface area contributed by atoms with Crippen LogP contribution in [0.4, 0.5) is 0 Å². The summed E-state index contributed by atoms with van der Waals surface area (Å²) in [7, 11) is 0. The summed E-state index contributed by atoms with van der Waals surface area (Å²) in [4.78, 5) is 29.7. The number of carbonyl (C=O) groups is 2. The van der Waals surface area contributed by atoms with Gasteiger partial charge < -0.3 is 14.5 Å². The number of hydrogen-bond donors (Lipinski definition) is 0. The van der Waals surface area contributed by atoms with Crippen molar-refractivity contribution in [3.63, 3.8) is 0 Å². The second-order valence-corrected chi connectivity index (χ2v) is 10.1. The molecule has 208 valence electrons. The molecule has 5 nitrogen and oxygen atoms in total. The van der Waals surface area contributed by atoms with Crippen molar-refractivity contribution in [1.29, 1.82) is 0 Å². The normalized spacial score (nSPS) is 11.1. The van der Waals surface area contributed by atoms with Gasteiger partial charge in [0.2, 0.25) is 11.8 Å². The van der Waals surface area contributed by atoms with Crippen LogP contribution in [0.5, 0.6) is 0 Å². The number of rotatable bonds is 26. The van der Waals surface area contributed by atoms with Crippen molar-refractivity contribution < 1.29 is 14.3 Å². The Bertz CT molecular complexity index is 418. The molecule has 0 aromatic rings. The van der Waals surface area contributed by atoms with Crippen molar-refractivity contribution in [2.45, 2.75) is 143 Å². The Morgan fingerprint density at radius 3 is 1.00 bits per heavy atom. The van der Waals surface area contributed by atoms with E-state index in [9.17, 15) is 9.59 Å². The maximum Gasteiger partial charge on any atom is 0.224 e. The number of hydrogen-bond acceptors (Lipinski definition) is 3. The molecule has 0 aliphatic carbocycles. The van der Waals surface area contributed by atoms with Crippen LogP contribution in [0.25, 0.3) is 0 Å². The number of unbranched alkanes of at least 4 members (excludes halogenated alkanes) is 12. The Morgan fingerprint density at radius 2 is 0.743 bits per heavy atom. The van der Waals surface area contributed by atoms with Crippen LogP contribution in [0.1, 0.15) is 143 Å². The zero-order valence-electron chi connectivity index (χ0n) is 24.1. The zero-order chi connectivity index (χ0) is 26.0. The molecule has 0 aliphatic heterocycles. The Hall–Kier alpha value is -1.10. The minimum Gasteiger partial charge on any atom is -0.380 e. The van der Waals surface area contributed by atoms with Crippen LogP contribution in [0.2, 0.25) is 0 Å².